The molecular formula is C11H17F2N3. The van der Waals surface area contributed by atoms with Crippen molar-refractivity contribution in [3.63, 3.8) is 0 Å². The first-order chi connectivity index (χ1) is 7.57. The number of nitrogens with one attached hydrogen (secondary N) is 1. The Labute approximate surface area is 94.2 Å². The van der Waals surface area contributed by atoms with Gasteiger partial charge in [-0.2, -0.15) is 0 Å². The van der Waals surface area contributed by atoms with E-state index in [1.165, 1.54) is 6.07 Å². The first-order valence-corrected chi connectivity index (χ1v) is 5.17. The van der Waals surface area contributed by atoms with Crippen LogP contribution >= 0.6 is 0 Å². The van der Waals surface area contributed by atoms with Crippen LogP contribution in [0.2, 0.25) is 0 Å². The molecule has 0 unspecified atom stereocenters. The summed E-state index contributed by atoms with van der Waals surface area (Å²) in [4.78, 5) is 1.63. The van der Waals surface area contributed by atoms with Crippen molar-refractivity contribution >= 4 is 11.4 Å². The first-order valence-electron chi connectivity index (χ1n) is 5.17. The molecule has 0 aliphatic rings. The predicted molar refractivity (Wildman–Crippen MR) is 62.6 cm³/mol. The lowest BCUT2D eigenvalue weighted by Gasteiger charge is -2.21. The zero-order chi connectivity index (χ0) is 12.1. The van der Waals surface area contributed by atoms with E-state index in [2.05, 4.69) is 5.32 Å². The zero-order valence-corrected chi connectivity index (χ0v) is 9.56. The second-order valence-electron chi connectivity index (χ2n) is 3.68. The summed E-state index contributed by atoms with van der Waals surface area (Å²) in [7, 11) is 3.54. The molecule has 1 aromatic rings. The molecule has 3 nitrogen and oxygen atoms in total. The van der Waals surface area contributed by atoms with Crippen LogP contribution in [-0.2, 0) is 0 Å². The summed E-state index contributed by atoms with van der Waals surface area (Å²) in [6, 6.07) is 2.41. The molecule has 0 atom stereocenters. The van der Waals surface area contributed by atoms with E-state index >= 15 is 0 Å². The van der Waals surface area contributed by atoms with Crippen LogP contribution in [0.4, 0.5) is 20.2 Å². The number of halogens is 2. The van der Waals surface area contributed by atoms with Gasteiger partial charge in [-0.25, -0.2) is 8.78 Å². The van der Waals surface area contributed by atoms with Gasteiger partial charge in [0.05, 0.1) is 11.4 Å². The van der Waals surface area contributed by atoms with Gasteiger partial charge < -0.3 is 16.0 Å². The van der Waals surface area contributed by atoms with Crippen LogP contribution in [-0.4, -0.2) is 27.2 Å². The van der Waals surface area contributed by atoms with E-state index in [0.717, 1.165) is 19.0 Å². The minimum absolute atomic E-state index is 0.135. The van der Waals surface area contributed by atoms with Gasteiger partial charge in [-0.1, -0.05) is 0 Å². The van der Waals surface area contributed by atoms with E-state index in [0.29, 0.717) is 6.54 Å². The van der Waals surface area contributed by atoms with Crippen LogP contribution in [0.3, 0.4) is 0 Å². The summed E-state index contributed by atoms with van der Waals surface area (Å²) in [5.74, 6) is -1.75. The Morgan fingerprint density at radius 3 is 2.69 bits per heavy atom. The number of anilines is 2. The van der Waals surface area contributed by atoms with E-state index < -0.39 is 11.6 Å². The molecular weight excluding hydrogens is 212 g/mol. The Kier molecular flexibility index (Phi) is 4.49. The van der Waals surface area contributed by atoms with Gasteiger partial charge in [-0.3, -0.25) is 0 Å². The number of nitrogens with zero attached hydrogens (tertiary/aromatic N) is 1. The van der Waals surface area contributed by atoms with Gasteiger partial charge in [0.2, 0.25) is 0 Å². The van der Waals surface area contributed by atoms with Crippen molar-refractivity contribution in [2.24, 2.45) is 0 Å². The van der Waals surface area contributed by atoms with Crippen molar-refractivity contribution < 1.29 is 8.78 Å². The van der Waals surface area contributed by atoms with Crippen molar-refractivity contribution in [3.05, 3.63) is 23.8 Å². The molecule has 0 heterocycles. The molecule has 5 heteroatoms. The van der Waals surface area contributed by atoms with Crippen molar-refractivity contribution in [1.29, 1.82) is 0 Å². The number of hydrogen-bond donors (Lipinski definition) is 2. The molecule has 1 rings (SSSR count). The van der Waals surface area contributed by atoms with Gasteiger partial charge in [0.25, 0.3) is 0 Å². The summed E-state index contributed by atoms with van der Waals surface area (Å²) < 4.78 is 26.5. The monoisotopic (exact) mass is 229 g/mol. The summed E-state index contributed by atoms with van der Waals surface area (Å²) in [5.41, 5.74) is 6.02. The van der Waals surface area contributed by atoms with Gasteiger partial charge >= 0.3 is 0 Å². The van der Waals surface area contributed by atoms with Crippen LogP contribution in [0.1, 0.15) is 6.42 Å². The molecule has 0 amide bonds. The maximum Gasteiger partial charge on any atom is 0.184 e. The van der Waals surface area contributed by atoms with E-state index in [1.54, 1.807) is 11.9 Å². The summed E-state index contributed by atoms with van der Waals surface area (Å²) >= 11 is 0. The van der Waals surface area contributed by atoms with E-state index in [1.807, 2.05) is 7.05 Å². The van der Waals surface area contributed by atoms with Crippen molar-refractivity contribution in [2.75, 3.05) is 37.8 Å². The smallest absolute Gasteiger partial charge is 0.184 e. The average molecular weight is 229 g/mol. The Morgan fingerprint density at radius 2 is 2.06 bits per heavy atom. The van der Waals surface area contributed by atoms with Crippen molar-refractivity contribution in [2.45, 2.75) is 6.42 Å². The minimum Gasteiger partial charge on any atom is -0.397 e. The van der Waals surface area contributed by atoms with Crippen LogP contribution in [0.25, 0.3) is 0 Å². The molecule has 90 valence electrons. The van der Waals surface area contributed by atoms with E-state index in [9.17, 15) is 8.78 Å². The van der Waals surface area contributed by atoms with Gasteiger partial charge in [0.1, 0.15) is 0 Å². The van der Waals surface area contributed by atoms with Gasteiger partial charge in [-0.05, 0) is 32.1 Å². The number of nitrogen functional groups attached to an aromatic ring is 1. The lowest BCUT2D eigenvalue weighted by molar-refractivity contribution is 0.507. The second kappa shape index (κ2) is 5.65. The molecule has 0 aliphatic heterocycles. The van der Waals surface area contributed by atoms with Gasteiger partial charge in [0.15, 0.2) is 11.6 Å². The third-order valence-electron chi connectivity index (χ3n) is 2.40. The van der Waals surface area contributed by atoms with Crippen LogP contribution in [0, 0.1) is 11.6 Å². The highest BCUT2D eigenvalue weighted by molar-refractivity contribution is 5.68. The van der Waals surface area contributed by atoms with Crippen LogP contribution in [0.5, 0.6) is 0 Å². The summed E-state index contributed by atoms with van der Waals surface area (Å²) in [6.45, 7) is 1.44. The Hall–Kier alpha value is -1.36. The first kappa shape index (κ1) is 12.7. The lowest BCUT2D eigenvalue weighted by atomic mass is 10.2. The lowest BCUT2D eigenvalue weighted by Crippen LogP contribution is -2.24. The molecule has 0 saturated heterocycles. The Balaban J connectivity index is 2.81. The number of benzene rings is 1. The van der Waals surface area contributed by atoms with Crippen LogP contribution in [0.15, 0.2) is 12.1 Å². The number of rotatable bonds is 5. The fourth-order valence-electron chi connectivity index (χ4n) is 1.55. The zero-order valence-electron chi connectivity index (χ0n) is 9.56. The van der Waals surface area contributed by atoms with Crippen LogP contribution < -0.4 is 16.0 Å². The molecule has 0 spiro atoms. The fourth-order valence-corrected chi connectivity index (χ4v) is 1.55. The van der Waals surface area contributed by atoms with E-state index in [-0.39, 0.29) is 11.4 Å². The topological polar surface area (TPSA) is 41.3 Å². The number of hydrogen-bond acceptors (Lipinski definition) is 3. The molecule has 3 N–H and O–H groups in total. The number of nitrogens with two attached hydrogens (primary N) is 1. The third kappa shape index (κ3) is 2.82. The minimum atomic E-state index is -0.882. The molecule has 1 aromatic carbocycles. The third-order valence-corrected chi connectivity index (χ3v) is 2.40. The molecule has 0 bridgehead atoms. The predicted octanol–water partition coefficient (Wildman–Crippen LogP) is 1.59. The Bertz CT molecular complexity index is 355. The van der Waals surface area contributed by atoms with E-state index in [4.69, 9.17) is 5.73 Å². The average Bonchev–Trinajstić information content (AvgIpc) is 2.24. The fraction of sp³-hybridized carbons (Fsp3) is 0.455. The Morgan fingerprint density at radius 1 is 1.38 bits per heavy atom. The molecule has 0 saturated carbocycles. The molecule has 0 aromatic heterocycles. The summed E-state index contributed by atoms with van der Waals surface area (Å²) in [5, 5.41) is 2.99. The summed E-state index contributed by atoms with van der Waals surface area (Å²) in [6.07, 6.45) is 0.836. The second-order valence-corrected chi connectivity index (χ2v) is 3.68. The highest BCUT2D eigenvalue weighted by Crippen LogP contribution is 2.27. The quantitative estimate of drug-likeness (QED) is 0.595. The largest absolute Gasteiger partial charge is 0.397 e. The molecule has 0 fully saturated rings. The van der Waals surface area contributed by atoms with Gasteiger partial charge in [-0.15, -0.1) is 0 Å². The standard InChI is InChI=1S/C11H17F2N3/c1-15-6-3-7-16(2)11-9(14)5-4-8(12)10(11)13/h4-5,15H,3,6-7,14H2,1-2H3. The highest BCUT2D eigenvalue weighted by Gasteiger charge is 2.15. The van der Waals surface area contributed by atoms with Crippen molar-refractivity contribution in [1.82, 2.24) is 5.32 Å². The maximum absolute atomic E-state index is 13.5. The molecule has 0 radical (unpaired) electrons. The van der Waals surface area contributed by atoms with Crippen molar-refractivity contribution in [3.8, 4) is 0 Å². The maximum atomic E-state index is 13.5. The highest BCUT2D eigenvalue weighted by atomic mass is 19.2. The normalized spacial score (nSPS) is 10.5. The molecule has 0 aliphatic carbocycles. The SMILES string of the molecule is CNCCCN(C)c1c(N)ccc(F)c1F. The molecule has 16 heavy (non-hydrogen) atoms. The van der Waals surface area contributed by atoms with Gasteiger partial charge in [0, 0.05) is 13.6 Å².